The van der Waals surface area contributed by atoms with E-state index in [4.69, 9.17) is 4.74 Å². The van der Waals surface area contributed by atoms with Crippen LogP contribution >= 0.6 is 11.9 Å². The number of rotatable bonds is 2. The second-order valence-electron chi connectivity index (χ2n) is 5.24. The molecule has 0 spiro atoms. The minimum atomic E-state index is -0.408. The number of amides is 1. The summed E-state index contributed by atoms with van der Waals surface area (Å²) in [5.74, 6) is 0.501. The van der Waals surface area contributed by atoms with Gasteiger partial charge < -0.3 is 9.64 Å². The lowest BCUT2D eigenvalue weighted by molar-refractivity contribution is 0.0203. The smallest absolute Gasteiger partial charge is 0.410 e. The molecular formula is C12H22N2O2S. The molecule has 1 amide bonds. The molecule has 1 saturated heterocycles. The van der Waals surface area contributed by atoms with Crippen LogP contribution < -0.4 is 0 Å². The molecule has 0 aromatic rings. The van der Waals surface area contributed by atoms with Gasteiger partial charge >= 0.3 is 6.09 Å². The number of carbonyl (C=O) groups is 1. The topological polar surface area (TPSA) is 41.9 Å². The third kappa shape index (κ3) is 5.44. The van der Waals surface area contributed by atoms with Crippen molar-refractivity contribution in [3.63, 3.8) is 0 Å². The molecule has 98 valence electrons. The molecule has 17 heavy (non-hydrogen) atoms. The highest BCUT2D eigenvalue weighted by Gasteiger charge is 2.26. The van der Waals surface area contributed by atoms with Crippen LogP contribution in [0.25, 0.3) is 0 Å². The van der Waals surface area contributed by atoms with Crippen LogP contribution in [0.15, 0.2) is 4.40 Å². The monoisotopic (exact) mass is 258 g/mol. The predicted octanol–water partition coefficient (Wildman–Crippen LogP) is 2.98. The number of piperidine rings is 1. The van der Waals surface area contributed by atoms with Crippen LogP contribution in [0.5, 0.6) is 0 Å². The highest BCUT2D eigenvalue weighted by atomic mass is 32.2. The highest BCUT2D eigenvalue weighted by Crippen LogP contribution is 2.18. The number of carbonyl (C=O) groups excluding carboxylic acids is 1. The fourth-order valence-electron chi connectivity index (χ4n) is 1.70. The summed E-state index contributed by atoms with van der Waals surface area (Å²) in [4.78, 5) is 13.6. The molecule has 5 heteroatoms. The molecule has 1 rings (SSSR count). The summed E-state index contributed by atoms with van der Waals surface area (Å²) < 4.78 is 9.52. The Morgan fingerprint density at radius 1 is 1.41 bits per heavy atom. The van der Waals surface area contributed by atoms with Crippen LogP contribution in [-0.2, 0) is 4.74 Å². The van der Waals surface area contributed by atoms with E-state index in [0.717, 1.165) is 25.9 Å². The molecule has 4 nitrogen and oxygen atoms in total. The summed E-state index contributed by atoms with van der Waals surface area (Å²) >= 11 is 1.47. The number of ether oxygens (including phenoxy) is 1. The van der Waals surface area contributed by atoms with E-state index >= 15 is 0 Å². The number of nitrogens with zero attached hydrogens (tertiary/aromatic N) is 2. The van der Waals surface area contributed by atoms with E-state index in [9.17, 15) is 4.79 Å². The largest absolute Gasteiger partial charge is 0.444 e. The fraction of sp³-hybridized carbons (Fsp3) is 0.833. The van der Waals surface area contributed by atoms with Crippen molar-refractivity contribution in [3.05, 3.63) is 0 Å². The maximum absolute atomic E-state index is 11.8. The van der Waals surface area contributed by atoms with Gasteiger partial charge in [-0.3, -0.25) is 0 Å². The molecule has 0 aliphatic carbocycles. The van der Waals surface area contributed by atoms with Crippen molar-refractivity contribution in [2.75, 3.05) is 19.3 Å². The minimum absolute atomic E-state index is 0.197. The van der Waals surface area contributed by atoms with E-state index in [-0.39, 0.29) is 6.09 Å². The highest BCUT2D eigenvalue weighted by molar-refractivity contribution is 7.97. The molecule has 0 radical (unpaired) electrons. The SMILES string of the molecule is CSN=CC1CCN(C(=O)OC(C)(C)C)CC1. The second kappa shape index (κ2) is 6.28. The average Bonchev–Trinajstić information content (AvgIpc) is 2.24. The zero-order valence-corrected chi connectivity index (χ0v) is 11.9. The van der Waals surface area contributed by atoms with Crippen molar-refractivity contribution in [3.8, 4) is 0 Å². The summed E-state index contributed by atoms with van der Waals surface area (Å²) in [6, 6.07) is 0. The third-order valence-corrected chi connectivity index (χ3v) is 2.90. The second-order valence-corrected chi connectivity index (χ2v) is 5.82. The minimum Gasteiger partial charge on any atom is -0.444 e. The van der Waals surface area contributed by atoms with Gasteiger partial charge in [0, 0.05) is 25.6 Å². The van der Waals surface area contributed by atoms with Gasteiger partial charge in [0.2, 0.25) is 0 Å². The lowest BCUT2D eigenvalue weighted by atomic mass is 9.99. The van der Waals surface area contributed by atoms with Gasteiger partial charge in [-0.2, -0.15) is 0 Å². The van der Waals surface area contributed by atoms with Gasteiger partial charge in [0.1, 0.15) is 5.60 Å². The Morgan fingerprint density at radius 2 is 2.00 bits per heavy atom. The van der Waals surface area contributed by atoms with Gasteiger partial charge in [-0.1, -0.05) is 0 Å². The molecule has 0 atom stereocenters. The van der Waals surface area contributed by atoms with Gasteiger partial charge in [0.15, 0.2) is 0 Å². The van der Waals surface area contributed by atoms with Gasteiger partial charge in [0.25, 0.3) is 0 Å². The number of hydrogen-bond acceptors (Lipinski definition) is 4. The van der Waals surface area contributed by atoms with Gasteiger partial charge in [0.05, 0.1) is 0 Å². The quantitative estimate of drug-likeness (QED) is 0.565. The Morgan fingerprint density at radius 3 is 2.47 bits per heavy atom. The predicted molar refractivity (Wildman–Crippen MR) is 72.5 cm³/mol. The molecule has 1 aliphatic heterocycles. The van der Waals surface area contributed by atoms with Gasteiger partial charge in [-0.05, 0) is 51.5 Å². The average molecular weight is 258 g/mol. The van der Waals surface area contributed by atoms with Crippen molar-refractivity contribution < 1.29 is 9.53 Å². The Hall–Kier alpha value is -0.710. The molecule has 1 fully saturated rings. The Kier molecular flexibility index (Phi) is 5.31. The zero-order chi connectivity index (χ0) is 12.9. The summed E-state index contributed by atoms with van der Waals surface area (Å²) in [7, 11) is 0. The van der Waals surface area contributed by atoms with Crippen molar-refractivity contribution in [2.45, 2.75) is 39.2 Å². The van der Waals surface area contributed by atoms with Crippen LogP contribution in [0.2, 0.25) is 0 Å². The standard InChI is InChI=1S/C12H22N2O2S/c1-12(2,3)16-11(15)14-7-5-10(6-8-14)9-13-17-4/h9-10H,5-8H2,1-4H3. The van der Waals surface area contributed by atoms with Gasteiger partial charge in [-0.15, -0.1) is 0 Å². The van der Waals surface area contributed by atoms with Crippen LogP contribution in [0.1, 0.15) is 33.6 Å². The number of likely N-dealkylation sites (tertiary alicyclic amines) is 1. The Bertz CT molecular complexity index is 279. The van der Waals surface area contributed by atoms with E-state index in [1.165, 1.54) is 11.9 Å². The summed E-state index contributed by atoms with van der Waals surface area (Å²) in [5, 5.41) is 0. The van der Waals surface area contributed by atoms with E-state index in [1.807, 2.05) is 33.2 Å². The molecule has 0 aromatic carbocycles. The van der Waals surface area contributed by atoms with E-state index in [1.54, 1.807) is 4.90 Å². The lowest BCUT2D eigenvalue weighted by Crippen LogP contribution is -2.41. The van der Waals surface area contributed by atoms with E-state index in [2.05, 4.69) is 4.40 Å². The molecule has 1 aliphatic rings. The van der Waals surface area contributed by atoms with Crippen molar-refractivity contribution in [2.24, 2.45) is 10.3 Å². The van der Waals surface area contributed by atoms with Crippen LogP contribution in [-0.4, -0.2) is 42.2 Å². The third-order valence-electron chi connectivity index (χ3n) is 2.57. The van der Waals surface area contributed by atoms with Crippen molar-refractivity contribution >= 4 is 24.3 Å². The number of hydrogen-bond donors (Lipinski definition) is 0. The first kappa shape index (κ1) is 14.4. The molecular weight excluding hydrogens is 236 g/mol. The maximum atomic E-state index is 11.8. The van der Waals surface area contributed by atoms with Crippen LogP contribution in [0.3, 0.4) is 0 Å². The molecule has 0 unspecified atom stereocenters. The first-order valence-electron chi connectivity index (χ1n) is 5.97. The molecule has 0 saturated carbocycles. The normalized spacial score (nSPS) is 18.7. The van der Waals surface area contributed by atoms with Gasteiger partial charge in [-0.25, -0.2) is 9.19 Å². The van der Waals surface area contributed by atoms with Crippen LogP contribution in [0, 0.1) is 5.92 Å². The summed E-state index contributed by atoms with van der Waals surface area (Å²) in [5.41, 5.74) is -0.408. The summed E-state index contributed by atoms with van der Waals surface area (Å²) in [6.07, 6.45) is 5.70. The van der Waals surface area contributed by atoms with Crippen LogP contribution in [0.4, 0.5) is 4.79 Å². The molecule has 0 N–H and O–H groups in total. The molecule has 0 aromatic heterocycles. The van der Waals surface area contributed by atoms with E-state index in [0.29, 0.717) is 5.92 Å². The van der Waals surface area contributed by atoms with E-state index < -0.39 is 5.60 Å². The molecule has 0 bridgehead atoms. The Balaban J connectivity index is 2.36. The first-order valence-corrected chi connectivity index (χ1v) is 7.15. The molecule has 1 heterocycles. The Labute approximate surface area is 108 Å². The van der Waals surface area contributed by atoms with Crippen molar-refractivity contribution in [1.82, 2.24) is 4.90 Å². The fourth-order valence-corrected chi connectivity index (χ4v) is 2.00. The zero-order valence-electron chi connectivity index (χ0n) is 11.1. The maximum Gasteiger partial charge on any atom is 0.410 e. The van der Waals surface area contributed by atoms with Crippen molar-refractivity contribution in [1.29, 1.82) is 0 Å². The first-order chi connectivity index (χ1) is 7.92. The summed E-state index contributed by atoms with van der Waals surface area (Å²) in [6.45, 7) is 7.20. The lowest BCUT2D eigenvalue weighted by Gasteiger charge is -2.32.